The third-order valence-electron chi connectivity index (χ3n) is 5.98. The van der Waals surface area contributed by atoms with Gasteiger partial charge in [0.05, 0.1) is 10.6 Å². The molecule has 2 aromatic carbocycles. The highest BCUT2D eigenvalue weighted by atomic mass is 32.2. The van der Waals surface area contributed by atoms with Gasteiger partial charge >= 0.3 is 0 Å². The van der Waals surface area contributed by atoms with Crippen LogP contribution in [0.15, 0.2) is 59.6 Å². The van der Waals surface area contributed by atoms with Crippen molar-refractivity contribution in [1.29, 1.82) is 0 Å². The van der Waals surface area contributed by atoms with Crippen molar-refractivity contribution < 1.29 is 18.0 Å². The lowest BCUT2D eigenvalue weighted by Gasteiger charge is -2.15. The predicted octanol–water partition coefficient (Wildman–Crippen LogP) is 3.05. The third kappa shape index (κ3) is 5.45. The summed E-state index contributed by atoms with van der Waals surface area (Å²) in [6.45, 7) is 3.90. The molecular formula is C25H29N3O4S. The molecule has 0 aliphatic carbocycles. The third-order valence-corrected chi connectivity index (χ3v) is 7.69. The summed E-state index contributed by atoms with van der Waals surface area (Å²) in [4.78, 5) is 26.3. The topological polar surface area (TPSA) is 88.5 Å². The molecule has 3 aromatic rings. The quantitative estimate of drug-likeness (QED) is 0.490. The van der Waals surface area contributed by atoms with Crippen molar-refractivity contribution in [3.63, 3.8) is 0 Å². The molecule has 1 aromatic heterocycles. The SMILES string of the molecule is Cc1ccc(CS(=O)(=O)c2cn(CC(=O)NCCCN3CCCC3=O)c3ccccc23)cc1. The summed E-state index contributed by atoms with van der Waals surface area (Å²) in [7, 11) is -3.59. The molecule has 7 nitrogen and oxygen atoms in total. The first kappa shape index (κ1) is 23.0. The Balaban J connectivity index is 1.44. The zero-order valence-electron chi connectivity index (χ0n) is 18.8. The van der Waals surface area contributed by atoms with Crippen LogP contribution in [0.4, 0.5) is 0 Å². The number of nitrogens with zero attached hydrogens (tertiary/aromatic N) is 2. The molecule has 4 rings (SSSR count). The van der Waals surface area contributed by atoms with Crippen molar-refractivity contribution in [2.45, 2.75) is 43.4 Å². The molecular weight excluding hydrogens is 438 g/mol. The lowest BCUT2D eigenvalue weighted by atomic mass is 10.2. The molecule has 0 atom stereocenters. The Morgan fingerprint density at radius 3 is 2.58 bits per heavy atom. The van der Waals surface area contributed by atoms with Gasteiger partial charge in [0.25, 0.3) is 0 Å². The van der Waals surface area contributed by atoms with Crippen LogP contribution in [-0.2, 0) is 31.7 Å². The molecule has 0 unspecified atom stereocenters. The number of hydrogen-bond donors (Lipinski definition) is 1. The number of aromatic nitrogens is 1. The van der Waals surface area contributed by atoms with Gasteiger partial charge in [0, 0.05) is 43.2 Å². The minimum atomic E-state index is -3.59. The fourth-order valence-electron chi connectivity index (χ4n) is 4.22. The number of rotatable bonds is 9. The maximum atomic E-state index is 13.2. The van der Waals surface area contributed by atoms with Crippen LogP contribution in [0.3, 0.4) is 0 Å². The normalized spacial score (nSPS) is 14.2. The van der Waals surface area contributed by atoms with Gasteiger partial charge in [-0.3, -0.25) is 9.59 Å². The summed E-state index contributed by atoms with van der Waals surface area (Å²) in [6.07, 6.45) is 3.78. The second-order valence-corrected chi connectivity index (χ2v) is 10.5. The van der Waals surface area contributed by atoms with Gasteiger partial charge in [-0.2, -0.15) is 0 Å². The molecule has 8 heteroatoms. The summed E-state index contributed by atoms with van der Waals surface area (Å²) < 4.78 is 28.1. The van der Waals surface area contributed by atoms with Gasteiger partial charge in [-0.05, 0) is 31.4 Å². The van der Waals surface area contributed by atoms with Crippen molar-refractivity contribution in [1.82, 2.24) is 14.8 Å². The number of fused-ring (bicyclic) bond motifs is 1. The number of carbonyl (C=O) groups excluding carboxylic acids is 2. The summed E-state index contributed by atoms with van der Waals surface area (Å²) in [5, 5.41) is 3.50. The first-order chi connectivity index (χ1) is 15.8. The largest absolute Gasteiger partial charge is 0.354 e. The lowest BCUT2D eigenvalue weighted by molar-refractivity contribution is -0.127. The Bertz CT molecular complexity index is 1260. The van der Waals surface area contributed by atoms with E-state index in [9.17, 15) is 18.0 Å². The van der Waals surface area contributed by atoms with E-state index in [1.54, 1.807) is 22.9 Å². The van der Waals surface area contributed by atoms with Crippen molar-refractivity contribution >= 4 is 32.6 Å². The van der Waals surface area contributed by atoms with Gasteiger partial charge in [-0.25, -0.2) is 8.42 Å². The number of hydrogen-bond acceptors (Lipinski definition) is 4. The predicted molar refractivity (Wildman–Crippen MR) is 127 cm³/mol. The number of aryl methyl sites for hydroxylation is 1. The second kappa shape index (κ2) is 9.79. The number of amides is 2. The van der Waals surface area contributed by atoms with Crippen LogP contribution in [0.2, 0.25) is 0 Å². The van der Waals surface area contributed by atoms with Gasteiger partial charge in [-0.1, -0.05) is 48.0 Å². The highest BCUT2D eigenvalue weighted by molar-refractivity contribution is 7.90. The number of nitrogens with one attached hydrogen (secondary N) is 1. The van der Waals surface area contributed by atoms with Crippen LogP contribution in [0.25, 0.3) is 10.9 Å². The first-order valence-corrected chi connectivity index (χ1v) is 12.9. The maximum Gasteiger partial charge on any atom is 0.239 e. The Morgan fingerprint density at radius 2 is 1.85 bits per heavy atom. The molecule has 1 aliphatic rings. The average molecular weight is 468 g/mol. The van der Waals surface area contributed by atoms with E-state index in [0.29, 0.717) is 36.8 Å². The molecule has 2 amide bonds. The summed E-state index contributed by atoms with van der Waals surface area (Å²) in [5.41, 5.74) is 2.51. The zero-order valence-corrected chi connectivity index (χ0v) is 19.6. The fraction of sp³-hybridized carbons (Fsp3) is 0.360. The van der Waals surface area contributed by atoms with Crippen molar-refractivity contribution in [2.24, 2.45) is 0 Å². The van der Waals surface area contributed by atoms with E-state index in [1.165, 1.54) is 0 Å². The molecule has 2 heterocycles. The van der Waals surface area contributed by atoms with Gasteiger partial charge in [0.1, 0.15) is 6.54 Å². The summed E-state index contributed by atoms with van der Waals surface area (Å²) >= 11 is 0. The molecule has 33 heavy (non-hydrogen) atoms. The van der Waals surface area contributed by atoms with E-state index in [1.807, 2.05) is 48.2 Å². The van der Waals surface area contributed by atoms with Crippen LogP contribution in [0.1, 0.15) is 30.4 Å². The molecule has 1 saturated heterocycles. The standard InChI is InChI=1S/C25H29N3O4S/c1-19-9-11-20(12-10-19)18-33(31,32)23-16-28(22-7-3-2-6-21(22)23)17-24(29)26-13-5-15-27-14-4-8-25(27)30/h2-3,6-7,9-12,16H,4-5,8,13-15,17-18H2,1H3,(H,26,29). The number of para-hydroxylation sites is 1. The molecule has 0 saturated carbocycles. The number of benzene rings is 2. The van der Waals surface area contributed by atoms with Crippen LogP contribution < -0.4 is 5.32 Å². The van der Waals surface area contributed by atoms with Gasteiger partial charge in [-0.15, -0.1) is 0 Å². The van der Waals surface area contributed by atoms with Crippen LogP contribution in [0, 0.1) is 6.92 Å². The number of likely N-dealkylation sites (tertiary alicyclic amines) is 1. The van der Waals surface area contributed by atoms with Crippen LogP contribution >= 0.6 is 0 Å². The van der Waals surface area contributed by atoms with Gasteiger partial charge < -0.3 is 14.8 Å². The summed E-state index contributed by atoms with van der Waals surface area (Å²) in [6, 6.07) is 14.7. The van der Waals surface area contributed by atoms with Crippen molar-refractivity contribution in [3.05, 3.63) is 65.9 Å². The minimum Gasteiger partial charge on any atom is -0.354 e. The van der Waals surface area contributed by atoms with E-state index in [4.69, 9.17) is 0 Å². The van der Waals surface area contributed by atoms with E-state index in [0.717, 1.165) is 24.1 Å². The smallest absolute Gasteiger partial charge is 0.239 e. The van der Waals surface area contributed by atoms with Crippen LogP contribution in [-0.4, -0.2) is 49.3 Å². The monoisotopic (exact) mass is 467 g/mol. The first-order valence-electron chi connectivity index (χ1n) is 11.2. The second-order valence-electron chi connectivity index (χ2n) is 8.57. The fourth-order valence-corrected chi connectivity index (χ4v) is 5.80. The lowest BCUT2D eigenvalue weighted by Crippen LogP contribution is -2.32. The van der Waals surface area contributed by atoms with E-state index in [2.05, 4.69) is 5.32 Å². The molecule has 0 radical (unpaired) electrons. The number of carbonyl (C=O) groups is 2. The Labute approximate surface area is 194 Å². The minimum absolute atomic E-state index is 0.0310. The Morgan fingerprint density at radius 1 is 1.09 bits per heavy atom. The highest BCUT2D eigenvalue weighted by Crippen LogP contribution is 2.28. The van der Waals surface area contributed by atoms with E-state index in [-0.39, 0.29) is 29.0 Å². The van der Waals surface area contributed by atoms with Gasteiger partial charge in [0.2, 0.25) is 11.8 Å². The summed E-state index contributed by atoms with van der Waals surface area (Å²) in [5.74, 6) is -0.103. The molecule has 1 fully saturated rings. The molecule has 0 bridgehead atoms. The highest BCUT2D eigenvalue weighted by Gasteiger charge is 2.23. The average Bonchev–Trinajstić information content (AvgIpc) is 3.37. The van der Waals surface area contributed by atoms with Crippen molar-refractivity contribution in [3.8, 4) is 0 Å². The number of sulfone groups is 1. The Hall–Kier alpha value is -3.13. The molecule has 0 spiro atoms. The van der Waals surface area contributed by atoms with Gasteiger partial charge in [0.15, 0.2) is 9.84 Å². The molecule has 174 valence electrons. The molecule has 1 aliphatic heterocycles. The van der Waals surface area contributed by atoms with E-state index >= 15 is 0 Å². The Kier molecular flexibility index (Phi) is 6.83. The van der Waals surface area contributed by atoms with Crippen molar-refractivity contribution in [2.75, 3.05) is 19.6 Å². The van der Waals surface area contributed by atoms with Crippen LogP contribution in [0.5, 0.6) is 0 Å². The van der Waals surface area contributed by atoms with E-state index < -0.39 is 9.84 Å². The maximum absolute atomic E-state index is 13.2. The zero-order chi connectivity index (χ0) is 23.4. The molecule has 1 N–H and O–H groups in total.